The zero-order chi connectivity index (χ0) is 25.1. The van der Waals surface area contributed by atoms with Gasteiger partial charge in [0, 0.05) is 69.3 Å². The van der Waals surface area contributed by atoms with Crippen molar-refractivity contribution in [2.45, 2.75) is 45.4 Å². The molecule has 0 bridgehead atoms. The van der Waals surface area contributed by atoms with Crippen LogP contribution in [0.1, 0.15) is 38.8 Å². The normalized spacial score (nSPS) is 19.6. The van der Waals surface area contributed by atoms with Gasteiger partial charge in [-0.2, -0.15) is 5.10 Å². The molecule has 10 nitrogen and oxygen atoms in total. The van der Waals surface area contributed by atoms with Crippen LogP contribution >= 0.6 is 0 Å². The lowest BCUT2D eigenvalue weighted by molar-refractivity contribution is 0.0119. The first-order chi connectivity index (χ1) is 17.4. The van der Waals surface area contributed by atoms with Gasteiger partial charge < -0.3 is 19.4 Å². The van der Waals surface area contributed by atoms with Crippen LogP contribution in [0.2, 0.25) is 0 Å². The van der Waals surface area contributed by atoms with Crippen molar-refractivity contribution in [2.75, 3.05) is 52.5 Å². The summed E-state index contributed by atoms with van der Waals surface area (Å²) in [5.41, 5.74) is 3.39. The number of fused-ring (bicyclic) bond motifs is 1. The number of aromatic nitrogens is 4. The SMILES string of the molecule is CC(C)(C)OC(=O)N1CCNCC1c1cnn2cc(-c3cn(CCCN4CCOCC4)cn3)ccc12. The minimum absolute atomic E-state index is 0.136. The summed E-state index contributed by atoms with van der Waals surface area (Å²) in [6, 6.07) is 4.01. The Morgan fingerprint density at radius 1 is 1.17 bits per heavy atom. The van der Waals surface area contributed by atoms with E-state index in [9.17, 15) is 4.79 Å². The van der Waals surface area contributed by atoms with E-state index in [1.165, 1.54) is 0 Å². The van der Waals surface area contributed by atoms with E-state index in [1.807, 2.05) is 48.9 Å². The fourth-order valence-electron chi connectivity index (χ4n) is 4.87. The van der Waals surface area contributed by atoms with Gasteiger partial charge >= 0.3 is 6.09 Å². The Bertz CT molecular complexity index is 1180. The van der Waals surface area contributed by atoms with Crippen molar-refractivity contribution in [1.82, 2.24) is 34.3 Å². The predicted octanol–water partition coefficient (Wildman–Crippen LogP) is 2.80. The van der Waals surface area contributed by atoms with Gasteiger partial charge in [0.2, 0.25) is 0 Å². The Morgan fingerprint density at radius 2 is 2.00 bits per heavy atom. The predicted molar refractivity (Wildman–Crippen MR) is 137 cm³/mol. The summed E-state index contributed by atoms with van der Waals surface area (Å²) < 4.78 is 15.1. The van der Waals surface area contributed by atoms with E-state index >= 15 is 0 Å². The molecule has 2 saturated heterocycles. The van der Waals surface area contributed by atoms with Gasteiger partial charge in [0.1, 0.15) is 5.60 Å². The number of nitrogens with one attached hydrogen (secondary N) is 1. The number of piperazine rings is 1. The highest BCUT2D eigenvalue weighted by Crippen LogP contribution is 2.29. The van der Waals surface area contributed by atoms with Crippen LogP contribution in [0.25, 0.3) is 16.8 Å². The Balaban J connectivity index is 1.28. The Labute approximate surface area is 212 Å². The fraction of sp³-hybridized carbons (Fsp3) is 0.577. The molecule has 36 heavy (non-hydrogen) atoms. The number of pyridine rings is 1. The van der Waals surface area contributed by atoms with Crippen LogP contribution < -0.4 is 5.32 Å². The maximum Gasteiger partial charge on any atom is 0.410 e. The van der Waals surface area contributed by atoms with Crippen molar-refractivity contribution in [1.29, 1.82) is 0 Å². The monoisotopic (exact) mass is 495 g/mol. The summed E-state index contributed by atoms with van der Waals surface area (Å²) in [7, 11) is 0. The van der Waals surface area contributed by atoms with E-state index in [4.69, 9.17) is 9.47 Å². The summed E-state index contributed by atoms with van der Waals surface area (Å²) in [6.07, 6.45) is 8.66. The molecule has 0 radical (unpaired) electrons. The average molecular weight is 496 g/mol. The van der Waals surface area contributed by atoms with Crippen molar-refractivity contribution in [3.8, 4) is 11.3 Å². The molecule has 1 atom stereocenters. The number of aryl methyl sites for hydroxylation is 1. The Kier molecular flexibility index (Phi) is 7.27. The number of morpholine rings is 1. The van der Waals surface area contributed by atoms with Crippen molar-refractivity contribution in [3.63, 3.8) is 0 Å². The maximum absolute atomic E-state index is 12.9. The number of carbonyl (C=O) groups excluding carboxylic acids is 1. The van der Waals surface area contributed by atoms with Gasteiger partial charge in [-0.3, -0.25) is 9.80 Å². The lowest BCUT2D eigenvalue weighted by Crippen LogP contribution is -2.50. The van der Waals surface area contributed by atoms with Crippen LogP contribution in [0.3, 0.4) is 0 Å². The third-order valence-electron chi connectivity index (χ3n) is 6.70. The molecule has 2 aliphatic rings. The molecule has 0 aromatic carbocycles. The molecule has 3 aromatic rings. The largest absolute Gasteiger partial charge is 0.444 e. The second-order valence-electron chi connectivity index (χ2n) is 10.5. The van der Waals surface area contributed by atoms with Gasteiger partial charge in [0.05, 0.1) is 43.0 Å². The number of amides is 1. The van der Waals surface area contributed by atoms with Crippen molar-refractivity contribution < 1.29 is 14.3 Å². The summed E-state index contributed by atoms with van der Waals surface area (Å²) in [4.78, 5) is 21.8. The minimum Gasteiger partial charge on any atom is -0.444 e. The quantitative estimate of drug-likeness (QED) is 0.563. The number of rotatable bonds is 6. The third kappa shape index (κ3) is 5.71. The van der Waals surface area contributed by atoms with Crippen LogP contribution in [0.5, 0.6) is 0 Å². The van der Waals surface area contributed by atoms with Gasteiger partial charge in [-0.05, 0) is 39.3 Å². The number of hydrogen-bond donors (Lipinski definition) is 1. The van der Waals surface area contributed by atoms with Gasteiger partial charge in [-0.15, -0.1) is 0 Å². The summed E-state index contributed by atoms with van der Waals surface area (Å²) in [6.45, 7) is 13.4. The van der Waals surface area contributed by atoms with Crippen molar-refractivity contribution in [2.24, 2.45) is 0 Å². The van der Waals surface area contributed by atoms with Crippen molar-refractivity contribution >= 4 is 11.6 Å². The lowest BCUT2D eigenvalue weighted by Gasteiger charge is -2.36. The minimum atomic E-state index is -0.533. The molecule has 0 aliphatic carbocycles. The number of carbonyl (C=O) groups is 1. The Morgan fingerprint density at radius 3 is 2.81 bits per heavy atom. The van der Waals surface area contributed by atoms with Crippen LogP contribution in [0.4, 0.5) is 4.79 Å². The summed E-state index contributed by atoms with van der Waals surface area (Å²) in [5, 5.41) is 8.02. The van der Waals surface area contributed by atoms with Gasteiger partial charge in [0.25, 0.3) is 0 Å². The molecule has 2 fully saturated rings. The number of ether oxygens (including phenoxy) is 2. The summed E-state index contributed by atoms with van der Waals surface area (Å²) in [5.74, 6) is 0. The Hall–Kier alpha value is -2.95. The van der Waals surface area contributed by atoms with Crippen LogP contribution in [-0.4, -0.2) is 93.1 Å². The van der Waals surface area contributed by atoms with Gasteiger partial charge in [-0.1, -0.05) is 0 Å². The third-order valence-corrected chi connectivity index (χ3v) is 6.70. The summed E-state index contributed by atoms with van der Waals surface area (Å²) >= 11 is 0. The number of nitrogens with zero attached hydrogens (tertiary/aromatic N) is 6. The number of hydrogen-bond acceptors (Lipinski definition) is 7. The molecule has 1 N–H and O–H groups in total. The van der Waals surface area contributed by atoms with Crippen molar-refractivity contribution in [3.05, 3.63) is 42.6 Å². The topological polar surface area (TPSA) is 89.2 Å². The fourth-order valence-corrected chi connectivity index (χ4v) is 4.87. The second-order valence-corrected chi connectivity index (χ2v) is 10.5. The first kappa shape index (κ1) is 24.7. The first-order valence-corrected chi connectivity index (χ1v) is 12.9. The van der Waals surface area contributed by atoms with E-state index in [-0.39, 0.29) is 12.1 Å². The molecule has 10 heteroatoms. The molecule has 194 valence electrons. The van der Waals surface area contributed by atoms with E-state index in [2.05, 4.69) is 43.2 Å². The smallest absolute Gasteiger partial charge is 0.410 e. The standard InChI is InChI=1S/C26H37N7O3/c1-26(2,3)36-25(34)32-10-7-27-16-24(32)21-15-29-33-17-20(5-6-23(21)33)22-18-31(19-28-22)9-4-8-30-11-13-35-14-12-30/h5-6,15,17-19,24,27H,4,7-14,16H2,1-3H3. The molecule has 1 amide bonds. The van der Waals surface area contributed by atoms with Crippen LogP contribution in [-0.2, 0) is 16.0 Å². The maximum atomic E-state index is 12.9. The average Bonchev–Trinajstić information content (AvgIpc) is 3.50. The molecular formula is C26H37N7O3. The van der Waals surface area contributed by atoms with E-state index in [1.54, 1.807) is 0 Å². The molecule has 1 unspecified atom stereocenters. The molecule has 3 aromatic heterocycles. The van der Waals surface area contributed by atoms with Gasteiger partial charge in [0.15, 0.2) is 0 Å². The zero-order valence-electron chi connectivity index (χ0n) is 21.5. The van der Waals surface area contributed by atoms with E-state index < -0.39 is 5.60 Å². The molecule has 0 spiro atoms. The molecule has 5 heterocycles. The molecular weight excluding hydrogens is 458 g/mol. The lowest BCUT2D eigenvalue weighted by atomic mass is 10.0. The van der Waals surface area contributed by atoms with Crippen LogP contribution in [0, 0.1) is 0 Å². The molecule has 5 rings (SSSR count). The number of imidazole rings is 1. The molecule has 0 saturated carbocycles. The second kappa shape index (κ2) is 10.6. The van der Waals surface area contributed by atoms with Gasteiger partial charge in [-0.25, -0.2) is 14.3 Å². The first-order valence-electron chi connectivity index (χ1n) is 12.9. The highest BCUT2D eigenvalue weighted by molar-refractivity contribution is 5.71. The van der Waals surface area contributed by atoms with E-state index in [0.29, 0.717) is 13.1 Å². The molecule has 2 aliphatic heterocycles. The zero-order valence-corrected chi connectivity index (χ0v) is 21.5. The van der Waals surface area contributed by atoms with Crippen LogP contribution in [0.15, 0.2) is 37.1 Å². The highest BCUT2D eigenvalue weighted by atomic mass is 16.6. The highest BCUT2D eigenvalue weighted by Gasteiger charge is 2.33. The van der Waals surface area contributed by atoms with E-state index in [0.717, 1.165) is 74.7 Å².